The number of esters is 1. The van der Waals surface area contributed by atoms with E-state index in [0.717, 1.165) is 16.8 Å². The lowest BCUT2D eigenvalue weighted by molar-refractivity contribution is -0.147. The Morgan fingerprint density at radius 2 is 1.86 bits per heavy atom. The van der Waals surface area contributed by atoms with Gasteiger partial charge >= 0.3 is 5.97 Å². The topological polar surface area (TPSA) is 46.6 Å². The van der Waals surface area contributed by atoms with Gasteiger partial charge in [0.2, 0.25) is 5.91 Å². The second-order valence-electron chi connectivity index (χ2n) is 5.36. The molecule has 21 heavy (non-hydrogen) atoms. The van der Waals surface area contributed by atoms with E-state index in [4.69, 9.17) is 16.3 Å². The summed E-state index contributed by atoms with van der Waals surface area (Å²) in [4.78, 5) is 26.3. The third kappa shape index (κ3) is 2.77. The molecule has 0 aliphatic heterocycles. The van der Waals surface area contributed by atoms with Crippen molar-refractivity contribution >= 4 is 29.2 Å². The van der Waals surface area contributed by atoms with E-state index in [1.807, 2.05) is 32.0 Å². The maximum Gasteiger partial charge on any atom is 0.332 e. The van der Waals surface area contributed by atoms with E-state index >= 15 is 0 Å². The zero-order valence-electron chi connectivity index (χ0n) is 12.6. The minimum absolute atomic E-state index is 0.158. The molecule has 1 aliphatic carbocycles. The van der Waals surface area contributed by atoms with Gasteiger partial charge in [0.1, 0.15) is 11.4 Å². The zero-order chi connectivity index (χ0) is 15.6. The first kappa shape index (κ1) is 15.8. The summed E-state index contributed by atoms with van der Waals surface area (Å²) in [6.07, 6.45) is 1.23. The van der Waals surface area contributed by atoms with Crippen molar-refractivity contribution in [2.24, 2.45) is 0 Å². The number of anilines is 1. The molecule has 0 spiro atoms. The molecule has 0 saturated heterocycles. The molecule has 1 saturated carbocycles. The van der Waals surface area contributed by atoms with Gasteiger partial charge in [-0.3, -0.25) is 9.69 Å². The van der Waals surface area contributed by atoms with Gasteiger partial charge in [0.25, 0.3) is 0 Å². The monoisotopic (exact) mass is 309 g/mol. The molecule has 1 aromatic rings. The van der Waals surface area contributed by atoms with Crippen LogP contribution in [-0.4, -0.2) is 29.9 Å². The van der Waals surface area contributed by atoms with E-state index < -0.39 is 5.54 Å². The fourth-order valence-corrected chi connectivity index (χ4v) is 2.82. The van der Waals surface area contributed by atoms with Crippen molar-refractivity contribution in [2.45, 2.75) is 39.2 Å². The quantitative estimate of drug-likeness (QED) is 0.620. The fourth-order valence-electron chi connectivity index (χ4n) is 2.70. The number of carbonyl (C=O) groups is 2. The molecule has 0 radical (unpaired) electrons. The van der Waals surface area contributed by atoms with Gasteiger partial charge in [0, 0.05) is 0 Å². The highest BCUT2D eigenvalue weighted by Gasteiger charge is 2.58. The molecule has 0 unspecified atom stereocenters. The van der Waals surface area contributed by atoms with Crippen molar-refractivity contribution in [3.05, 3.63) is 29.3 Å². The van der Waals surface area contributed by atoms with Crippen LogP contribution in [0.2, 0.25) is 0 Å². The van der Waals surface area contributed by atoms with Crippen molar-refractivity contribution in [3.8, 4) is 0 Å². The Hall–Kier alpha value is -1.55. The molecular weight excluding hydrogens is 290 g/mol. The number of amides is 1. The smallest absolute Gasteiger partial charge is 0.332 e. The first-order valence-electron chi connectivity index (χ1n) is 7.10. The van der Waals surface area contributed by atoms with Crippen LogP contribution < -0.4 is 4.90 Å². The minimum atomic E-state index is -0.876. The highest BCUT2D eigenvalue weighted by atomic mass is 35.5. The number of halogens is 1. The number of para-hydroxylation sites is 1. The van der Waals surface area contributed by atoms with Crippen molar-refractivity contribution in [1.82, 2.24) is 0 Å². The molecule has 2 rings (SSSR count). The summed E-state index contributed by atoms with van der Waals surface area (Å²) in [5, 5.41) is 0. The normalized spacial score (nSPS) is 15.4. The minimum Gasteiger partial charge on any atom is -0.464 e. The second kappa shape index (κ2) is 6.06. The molecule has 1 fully saturated rings. The molecule has 0 aromatic heterocycles. The van der Waals surface area contributed by atoms with Crippen LogP contribution in [0.3, 0.4) is 0 Å². The van der Waals surface area contributed by atoms with Gasteiger partial charge in [-0.1, -0.05) is 18.2 Å². The Kier molecular flexibility index (Phi) is 4.57. The first-order chi connectivity index (χ1) is 9.97. The van der Waals surface area contributed by atoms with Crippen LogP contribution >= 0.6 is 11.6 Å². The van der Waals surface area contributed by atoms with Crippen LogP contribution in [0.5, 0.6) is 0 Å². The molecule has 0 bridgehead atoms. The maximum atomic E-state index is 12.4. The van der Waals surface area contributed by atoms with Crippen LogP contribution in [0.4, 0.5) is 5.69 Å². The molecule has 1 aromatic carbocycles. The van der Waals surface area contributed by atoms with Gasteiger partial charge in [-0.05, 0) is 44.7 Å². The van der Waals surface area contributed by atoms with E-state index in [0.29, 0.717) is 19.4 Å². The van der Waals surface area contributed by atoms with E-state index in [1.54, 1.807) is 11.8 Å². The average molecular weight is 310 g/mol. The highest BCUT2D eigenvalue weighted by Crippen LogP contribution is 2.47. The number of ether oxygens (including phenoxy) is 1. The van der Waals surface area contributed by atoms with Crippen molar-refractivity contribution in [2.75, 3.05) is 17.4 Å². The number of hydrogen-bond donors (Lipinski definition) is 0. The molecule has 0 atom stereocenters. The summed E-state index contributed by atoms with van der Waals surface area (Å²) >= 11 is 5.77. The summed E-state index contributed by atoms with van der Waals surface area (Å²) < 4.78 is 5.17. The SMILES string of the molecule is CCOC(=O)C1(N(C(=O)CCl)c2c(C)cccc2C)CC1. The predicted molar refractivity (Wildman–Crippen MR) is 82.7 cm³/mol. The molecule has 114 valence electrons. The molecule has 4 nitrogen and oxygen atoms in total. The van der Waals surface area contributed by atoms with Crippen LogP contribution in [-0.2, 0) is 14.3 Å². The van der Waals surface area contributed by atoms with Crippen LogP contribution in [0, 0.1) is 13.8 Å². The van der Waals surface area contributed by atoms with Crippen molar-refractivity contribution in [1.29, 1.82) is 0 Å². The van der Waals surface area contributed by atoms with Gasteiger partial charge < -0.3 is 4.74 Å². The highest BCUT2D eigenvalue weighted by molar-refractivity contribution is 6.30. The van der Waals surface area contributed by atoms with Gasteiger partial charge in [-0.25, -0.2) is 4.79 Å². The number of carbonyl (C=O) groups excluding carboxylic acids is 2. The molecule has 5 heteroatoms. The Morgan fingerprint density at radius 1 is 1.29 bits per heavy atom. The second-order valence-corrected chi connectivity index (χ2v) is 5.62. The Labute approximate surface area is 130 Å². The molecule has 0 heterocycles. The number of aryl methyl sites for hydroxylation is 2. The van der Waals surface area contributed by atoms with Crippen molar-refractivity contribution < 1.29 is 14.3 Å². The lowest BCUT2D eigenvalue weighted by Gasteiger charge is -2.32. The number of rotatable bonds is 5. The summed E-state index contributed by atoms with van der Waals surface area (Å²) in [6.45, 7) is 5.92. The molecule has 0 N–H and O–H groups in total. The van der Waals surface area contributed by atoms with Crippen LogP contribution in [0.15, 0.2) is 18.2 Å². The van der Waals surface area contributed by atoms with E-state index in [-0.39, 0.29) is 17.8 Å². The van der Waals surface area contributed by atoms with E-state index in [9.17, 15) is 9.59 Å². The zero-order valence-corrected chi connectivity index (χ0v) is 13.4. The number of benzene rings is 1. The average Bonchev–Trinajstić information content (AvgIpc) is 3.24. The summed E-state index contributed by atoms with van der Waals surface area (Å²) in [5.41, 5.74) is 1.79. The third-order valence-corrected chi connectivity index (χ3v) is 4.06. The summed E-state index contributed by atoms with van der Waals surface area (Å²) in [6, 6.07) is 5.79. The number of nitrogens with zero attached hydrogens (tertiary/aromatic N) is 1. The predicted octanol–water partition coefficient (Wildman–Crippen LogP) is 2.97. The lowest BCUT2D eigenvalue weighted by Crippen LogP contribution is -2.49. The van der Waals surface area contributed by atoms with Gasteiger partial charge in [-0.15, -0.1) is 11.6 Å². The van der Waals surface area contributed by atoms with E-state index in [1.165, 1.54) is 0 Å². The maximum absolute atomic E-state index is 12.4. The molecule has 1 amide bonds. The van der Waals surface area contributed by atoms with Crippen molar-refractivity contribution in [3.63, 3.8) is 0 Å². The largest absolute Gasteiger partial charge is 0.464 e. The van der Waals surface area contributed by atoms with Gasteiger partial charge in [0.15, 0.2) is 0 Å². The molecule has 1 aliphatic rings. The Morgan fingerprint density at radius 3 is 2.29 bits per heavy atom. The van der Waals surface area contributed by atoms with Gasteiger partial charge in [-0.2, -0.15) is 0 Å². The first-order valence-corrected chi connectivity index (χ1v) is 7.64. The van der Waals surface area contributed by atoms with E-state index in [2.05, 4.69) is 0 Å². The third-order valence-electron chi connectivity index (χ3n) is 3.83. The number of alkyl halides is 1. The van der Waals surface area contributed by atoms with Gasteiger partial charge in [0.05, 0.1) is 12.3 Å². The standard InChI is InChI=1S/C16H20ClNO3/c1-4-21-15(20)16(8-9-16)18(13(19)10-17)14-11(2)6-5-7-12(14)3/h5-7H,4,8-10H2,1-3H3. The molecular formula is C16H20ClNO3. The Balaban J connectivity index is 2.50. The number of hydrogen-bond acceptors (Lipinski definition) is 3. The summed E-state index contributed by atoms with van der Waals surface area (Å²) in [7, 11) is 0. The fraction of sp³-hybridized carbons (Fsp3) is 0.500. The lowest BCUT2D eigenvalue weighted by atomic mass is 10.0. The van der Waals surface area contributed by atoms with Crippen LogP contribution in [0.1, 0.15) is 30.9 Å². The summed E-state index contributed by atoms with van der Waals surface area (Å²) in [5.74, 6) is -0.764. The Bertz CT molecular complexity index is 546. The van der Waals surface area contributed by atoms with Crippen LogP contribution in [0.25, 0.3) is 0 Å².